The summed E-state index contributed by atoms with van der Waals surface area (Å²) in [5.41, 5.74) is 7.33. The lowest BCUT2D eigenvalue weighted by Crippen LogP contribution is -2.29. The van der Waals surface area contributed by atoms with Crippen molar-refractivity contribution in [3.8, 4) is 22.6 Å². The summed E-state index contributed by atoms with van der Waals surface area (Å²) in [7, 11) is 0. The van der Waals surface area contributed by atoms with Gasteiger partial charge in [-0.15, -0.1) is 0 Å². The molecule has 2 amide bonds. The van der Waals surface area contributed by atoms with Gasteiger partial charge in [-0.2, -0.15) is 0 Å². The van der Waals surface area contributed by atoms with Gasteiger partial charge in [0.25, 0.3) is 5.91 Å². The Morgan fingerprint density at radius 2 is 1.38 bits per heavy atom. The molecule has 0 aliphatic rings. The number of hydrogen-bond donors (Lipinski definition) is 2. The molecule has 0 saturated carbocycles. The topological polar surface area (TPSA) is 92.9 Å². The van der Waals surface area contributed by atoms with Crippen molar-refractivity contribution in [3.63, 3.8) is 0 Å². The predicted molar refractivity (Wildman–Crippen MR) is 110 cm³/mol. The lowest BCUT2D eigenvalue weighted by atomic mass is 10.0. The molecule has 0 fully saturated rings. The zero-order valence-electron chi connectivity index (χ0n) is 15.8. The van der Waals surface area contributed by atoms with Crippen LogP contribution >= 0.6 is 0 Å². The SMILES string of the molecule is NC(=O)CCCN(O)C(=O)c1ccc(-c2ccc(Oc3ccccc3)cc2)cc1. The molecule has 0 bridgehead atoms. The van der Waals surface area contributed by atoms with E-state index >= 15 is 0 Å². The Balaban J connectivity index is 1.62. The molecule has 29 heavy (non-hydrogen) atoms. The minimum atomic E-state index is -0.521. The zero-order chi connectivity index (χ0) is 20.6. The molecule has 3 rings (SSSR count). The van der Waals surface area contributed by atoms with Crippen LogP contribution in [-0.4, -0.2) is 28.6 Å². The van der Waals surface area contributed by atoms with Crippen LogP contribution in [0.5, 0.6) is 11.5 Å². The summed E-state index contributed by atoms with van der Waals surface area (Å²) < 4.78 is 5.79. The summed E-state index contributed by atoms with van der Waals surface area (Å²) >= 11 is 0. The Hall–Kier alpha value is -3.64. The number of carbonyl (C=O) groups is 2. The van der Waals surface area contributed by atoms with Gasteiger partial charge in [-0.25, -0.2) is 5.06 Å². The summed E-state index contributed by atoms with van der Waals surface area (Å²) in [5.74, 6) is 0.522. The highest BCUT2D eigenvalue weighted by atomic mass is 16.5. The number of para-hydroxylation sites is 1. The maximum Gasteiger partial charge on any atom is 0.277 e. The minimum absolute atomic E-state index is 0.0480. The van der Waals surface area contributed by atoms with Crippen LogP contribution in [0.1, 0.15) is 23.2 Å². The van der Waals surface area contributed by atoms with Crippen molar-refractivity contribution in [2.45, 2.75) is 12.8 Å². The smallest absolute Gasteiger partial charge is 0.277 e. The van der Waals surface area contributed by atoms with E-state index in [1.54, 1.807) is 12.1 Å². The summed E-state index contributed by atoms with van der Waals surface area (Å²) in [6.45, 7) is 0.0480. The van der Waals surface area contributed by atoms with E-state index in [1.165, 1.54) is 0 Å². The van der Waals surface area contributed by atoms with Crippen LogP contribution in [0.4, 0.5) is 0 Å². The van der Waals surface area contributed by atoms with Gasteiger partial charge in [-0.3, -0.25) is 14.8 Å². The van der Waals surface area contributed by atoms with Crippen molar-refractivity contribution < 1.29 is 19.5 Å². The fourth-order valence-electron chi connectivity index (χ4n) is 2.80. The summed E-state index contributed by atoms with van der Waals surface area (Å²) in [5, 5.41) is 10.4. The van der Waals surface area contributed by atoms with Crippen LogP contribution in [-0.2, 0) is 4.79 Å². The maximum absolute atomic E-state index is 12.2. The Kier molecular flexibility index (Phi) is 6.60. The molecular formula is C23H22N2O4. The number of rotatable bonds is 8. The van der Waals surface area contributed by atoms with Gasteiger partial charge in [0.15, 0.2) is 0 Å². The van der Waals surface area contributed by atoms with Crippen molar-refractivity contribution in [2.75, 3.05) is 6.54 Å². The second kappa shape index (κ2) is 9.52. The van der Waals surface area contributed by atoms with E-state index in [0.717, 1.165) is 22.6 Å². The predicted octanol–water partition coefficient (Wildman–Crippen LogP) is 4.24. The van der Waals surface area contributed by atoms with Crippen molar-refractivity contribution in [1.82, 2.24) is 5.06 Å². The third-order valence-corrected chi connectivity index (χ3v) is 4.33. The van der Waals surface area contributed by atoms with Crippen LogP contribution in [0.15, 0.2) is 78.9 Å². The molecule has 0 atom stereocenters. The van der Waals surface area contributed by atoms with E-state index in [9.17, 15) is 14.8 Å². The molecule has 0 aliphatic heterocycles. The molecule has 6 nitrogen and oxygen atoms in total. The molecule has 3 aromatic rings. The Labute approximate surface area is 169 Å². The molecule has 6 heteroatoms. The highest BCUT2D eigenvalue weighted by Gasteiger charge is 2.13. The molecule has 3 aromatic carbocycles. The third-order valence-electron chi connectivity index (χ3n) is 4.33. The Morgan fingerprint density at radius 3 is 1.97 bits per heavy atom. The average Bonchev–Trinajstić information content (AvgIpc) is 2.74. The monoisotopic (exact) mass is 390 g/mol. The van der Waals surface area contributed by atoms with Gasteiger partial charge in [0, 0.05) is 18.5 Å². The first-order valence-corrected chi connectivity index (χ1v) is 9.25. The average molecular weight is 390 g/mol. The first-order chi connectivity index (χ1) is 14.0. The lowest BCUT2D eigenvalue weighted by molar-refractivity contribution is -0.118. The standard InChI is InChI=1S/C23H22N2O4/c24-22(26)7-4-16-25(28)23(27)19-10-8-17(9-11-19)18-12-14-21(15-13-18)29-20-5-2-1-3-6-20/h1-3,5-6,8-15,28H,4,7,16H2,(H2,24,26). The molecule has 0 heterocycles. The number of carbonyl (C=O) groups excluding carboxylic acids is 2. The van der Waals surface area contributed by atoms with Gasteiger partial charge < -0.3 is 10.5 Å². The van der Waals surface area contributed by atoms with E-state index in [0.29, 0.717) is 17.0 Å². The van der Waals surface area contributed by atoms with E-state index in [2.05, 4.69) is 0 Å². The van der Waals surface area contributed by atoms with E-state index in [-0.39, 0.29) is 13.0 Å². The Bertz CT molecular complexity index is 954. The number of primary amides is 1. The Morgan fingerprint density at radius 1 is 0.828 bits per heavy atom. The number of hydrogen-bond acceptors (Lipinski definition) is 4. The largest absolute Gasteiger partial charge is 0.457 e. The first-order valence-electron chi connectivity index (χ1n) is 9.25. The van der Waals surface area contributed by atoms with Crippen LogP contribution in [0.2, 0.25) is 0 Å². The van der Waals surface area contributed by atoms with E-state index < -0.39 is 11.8 Å². The summed E-state index contributed by atoms with van der Waals surface area (Å²) in [4.78, 5) is 23.0. The second-order valence-corrected chi connectivity index (χ2v) is 6.52. The van der Waals surface area contributed by atoms with E-state index in [4.69, 9.17) is 10.5 Å². The molecule has 0 unspecified atom stereocenters. The number of amides is 2. The number of benzene rings is 3. The third kappa shape index (κ3) is 5.67. The summed E-state index contributed by atoms with van der Waals surface area (Å²) in [6.07, 6.45) is 0.431. The van der Waals surface area contributed by atoms with Crippen molar-refractivity contribution in [3.05, 3.63) is 84.4 Å². The van der Waals surface area contributed by atoms with Crippen LogP contribution in [0.25, 0.3) is 11.1 Å². The fourth-order valence-corrected chi connectivity index (χ4v) is 2.80. The molecule has 148 valence electrons. The van der Waals surface area contributed by atoms with Crippen LogP contribution in [0, 0.1) is 0 Å². The fraction of sp³-hybridized carbons (Fsp3) is 0.130. The first kappa shape index (κ1) is 20.1. The van der Waals surface area contributed by atoms with E-state index in [1.807, 2.05) is 66.7 Å². The van der Waals surface area contributed by atoms with Crippen LogP contribution < -0.4 is 10.5 Å². The van der Waals surface area contributed by atoms with Gasteiger partial charge >= 0.3 is 0 Å². The van der Waals surface area contributed by atoms with Crippen LogP contribution in [0.3, 0.4) is 0 Å². The molecule has 0 aromatic heterocycles. The molecule has 0 radical (unpaired) electrons. The summed E-state index contributed by atoms with van der Waals surface area (Å²) in [6, 6.07) is 24.1. The molecule has 0 saturated heterocycles. The quantitative estimate of drug-likeness (QED) is 0.444. The van der Waals surface area contributed by atoms with Gasteiger partial charge in [-0.1, -0.05) is 42.5 Å². The number of ether oxygens (including phenoxy) is 1. The zero-order valence-corrected chi connectivity index (χ0v) is 15.8. The number of nitrogens with two attached hydrogens (primary N) is 1. The normalized spacial score (nSPS) is 10.4. The molecular weight excluding hydrogens is 368 g/mol. The highest BCUT2D eigenvalue weighted by Crippen LogP contribution is 2.26. The number of nitrogens with zero attached hydrogens (tertiary/aromatic N) is 1. The minimum Gasteiger partial charge on any atom is -0.457 e. The highest BCUT2D eigenvalue weighted by molar-refractivity contribution is 5.94. The van der Waals surface area contributed by atoms with Gasteiger partial charge in [-0.05, 0) is 53.9 Å². The van der Waals surface area contributed by atoms with Crippen molar-refractivity contribution in [1.29, 1.82) is 0 Å². The lowest BCUT2D eigenvalue weighted by Gasteiger charge is -2.14. The molecule has 0 spiro atoms. The van der Waals surface area contributed by atoms with Gasteiger partial charge in [0.2, 0.25) is 5.91 Å². The molecule has 3 N–H and O–H groups in total. The van der Waals surface area contributed by atoms with Crippen molar-refractivity contribution in [2.24, 2.45) is 5.73 Å². The van der Waals surface area contributed by atoms with Gasteiger partial charge in [0.1, 0.15) is 11.5 Å². The van der Waals surface area contributed by atoms with Crippen molar-refractivity contribution >= 4 is 11.8 Å². The number of hydroxylamine groups is 2. The van der Waals surface area contributed by atoms with Gasteiger partial charge in [0.05, 0.1) is 0 Å². The maximum atomic E-state index is 12.2. The second-order valence-electron chi connectivity index (χ2n) is 6.52. The molecule has 0 aliphatic carbocycles.